The van der Waals surface area contributed by atoms with Crippen molar-refractivity contribution in [2.45, 2.75) is 44.3 Å². The van der Waals surface area contributed by atoms with Crippen molar-refractivity contribution in [2.75, 3.05) is 20.3 Å². The van der Waals surface area contributed by atoms with Gasteiger partial charge in [0.25, 0.3) is 11.5 Å². The van der Waals surface area contributed by atoms with Gasteiger partial charge in [-0.25, -0.2) is 0 Å². The monoisotopic (exact) mass is 413 g/mol. The summed E-state index contributed by atoms with van der Waals surface area (Å²) in [6.07, 6.45) is 8.53. The molecule has 1 N–H and O–H groups in total. The van der Waals surface area contributed by atoms with Gasteiger partial charge < -0.3 is 19.5 Å². The van der Waals surface area contributed by atoms with Gasteiger partial charge in [0, 0.05) is 45.8 Å². The number of carbonyl (C=O) groups excluding carboxylic acids is 2. The molecule has 9 nitrogen and oxygen atoms in total. The van der Waals surface area contributed by atoms with Crippen LogP contribution < -0.4 is 10.9 Å². The molecule has 160 valence electrons. The van der Waals surface area contributed by atoms with Gasteiger partial charge in [-0.1, -0.05) is 0 Å². The number of amides is 2. The van der Waals surface area contributed by atoms with Crippen LogP contribution in [0.25, 0.3) is 0 Å². The predicted octanol–water partition coefficient (Wildman–Crippen LogP) is 0.466. The van der Waals surface area contributed by atoms with Crippen LogP contribution in [-0.4, -0.2) is 56.9 Å². The Bertz CT molecular complexity index is 1010. The highest BCUT2D eigenvalue weighted by Gasteiger charge is 2.40. The lowest BCUT2D eigenvalue weighted by atomic mass is 9.76. The molecule has 4 rings (SSSR count). The van der Waals surface area contributed by atoms with Crippen molar-refractivity contribution < 1.29 is 14.3 Å². The summed E-state index contributed by atoms with van der Waals surface area (Å²) in [5, 5.41) is 7.40. The van der Waals surface area contributed by atoms with Crippen molar-refractivity contribution in [1.82, 2.24) is 24.6 Å². The van der Waals surface area contributed by atoms with E-state index in [-0.39, 0.29) is 35.1 Å². The first kappa shape index (κ1) is 20.3. The molecule has 0 saturated heterocycles. The van der Waals surface area contributed by atoms with Crippen LogP contribution >= 0.6 is 0 Å². The summed E-state index contributed by atoms with van der Waals surface area (Å²) < 4.78 is 8.19. The minimum Gasteiger partial charge on any atom is -0.375 e. The lowest BCUT2D eigenvalue weighted by molar-refractivity contribution is -0.136. The number of carbonyl (C=O) groups is 2. The molecule has 2 aromatic rings. The van der Waals surface area contributed by atoms with E-state index in [2.05, 4.69) is 10.4 Å². The fourth-order valence-corrected chi connectivity index (χ4v) is 4.38. The number of methoxy groups -OCH3 is 1. The second-order valence-electron chi connectivity index (χ2n) is 8.21. The van der Waals surface area contributed by atoms with Gasteiger partial charge in [0.15, 0.2) is 0 Å². The summed E-state index contributed by atoms with van der Waals surface area (Å²) in [6, 6.07) is 1.86. The molecule has 3 heterocycles. The maximum absolute atomic E-state index is 13.3. The molecule has 1 fully saturated rings. The normalized spacial score (nSPS) is 17.2. The van der Waals surface area contributed by atoms with E-state index in [1.54, 1.807) is 24.3 Å². The molecule has 0 spiro atoms. The van der Waals surface area contributed by atoms with E-state index in [0.717, 1.165) is 30.4 Å². The number of aryl methyl sites for hydroxylation is 1. The maximum atomic E-state index is 13.3. The lowest BCUT2D eigenvalue weighted by Gasteiger charge is -2.42. The molecule has 0 aromatic carbocycles. The molecule has 0 bridgehead atoms. The van der Waals surface area contributed by atoms with Crippen molar-refractivity contribution in [3.05, 3.63) is 51.7 Å². The highest BCUT2D eigenvalue weighted by molar-refractivity contribution is 5.96. The first-order chi connectivity index (χ1) is 14.4. The Kier molecular flexibility index (Phi) is 5.46. The fraction of sp³-hybridized carbons (Fsp3) is 0.524. The predicted molar refractivity (Wildman–Crippen MR) is 109 cm³/mol. The minimum absolute atomic E-state index is 0.0182. The van der Waals surface area contributed by atoms with Crippen molar-refractivity contribution in [1.29, 1.82) is 0 Å². The molecule has 0 radical (unpaired) electrons. The van der Waals surface area contributed by atoms with Crippen LogP contribution in [0.4, 0.5) is 0 Å². The molecule has 0 atom stereocenters. The van der Waals surface area contributed by atoms with Gasteiger partial charge in [0.2, 0.25) is 5.91 Å². The number of fused-ring (bicyclic) bond motifs is 1. The van der Waals surface area contributed by atoms with Gasteiger partial charge >= 0.3 is 0 Å². The van der Waals surface area contributed by atoms with Crippen LogP contribution in [0.2, 0.25) is 0 Å². The van der Waals surface area contributed by atoms with Crippen LogP contribution in [0.1, 0.15) is 40.7 Å². The third kappa shape index (κ3) is 3.77. The molecular weight excluding hydrogens is 386 g/mol. The van der Waals surface area contributed by atoms with Crippen LogP contribution in [0.5, 0.6) is 0 Å². The van der Waals surface area contributed by atoms with Gasteiger partial charge in [-0.2, -0.15) is 5.10 Å². The van der Waals surface area contributed by atoms with Crippen molar-refractivity contribution in [3.63, 3.8) is 0 Å². The number of hydrogen-bond acceptors (Lipinski definition) is 5. The van der Waals surface area contributed by atoms with Crippen molar-refractivity contribution >= 4 is 11.8 Å². The number of aromatic nitrogens is 3. The third-order valence-electron chi connectivity index (χ3n) is 6.13. The number of nitrogens with zero attached hydrogens (tertiary/aromatic N) is 4. The molecule has 1 aliphatic carbocycles. The van der Waals surface area contributed by atoms with E-state index in [1.165, 1.54) is 11.7 Å². The Labute approximate surface area is 174 Å². The van der Waals surface area contributed by atoms with Crippen molar-refractivity contribution in [2.24, 2.45) is 7.05 Å². The summed E-state index contributed by atoms with van der Waals surface area (Å²) in [5.41, 5.74) is 1.07. The SMILES string of the molecule is COCC(=O)N1CCc2c(cn(C)c(=O)c2C(=O)NC2(Cn3cccn3)CCC2)C1. The van der Waals surface area contributed by atoms with E-state index >= 15 is 0 Å². The second kappa shape index (κ2) is 8.06. The lowest BCUT2D eigenvalue weighted by Crippen LogP contribution is -2.57. The highest BCUT2D eigenvalue weighted by atomic mass is 16.5. The van der Waals surface area contributed by atoms with Gasteiger partial charge in [0.1, 0.15) is 12.2 Å². The van der Waals surface area contributed by atoms with Gasteiger partial charge in [-0.15, -0.1) is 0 Å². The minimum atomic E-state index is -0.383. The Morgan fingerprint density at radius 3 is 2.77 bits per heavy atom. The molecule has 1 saturated carbocycles. The average molecular weight is 413 g/mol. The molecular formula is C21H27N5O4. The van der Waals surface area contributed by atoms with E-state index in [1.807, 2.05) is 16.9 Å². The Morgan fingerprint density at radius 1 is 1.33 bits per heavy atom. The standard InChI is InChI=1S/C21H27N5O4/c1-24-11-15-12-25(17(27)13-30-2)10-5-16(15)18(20(24)29)19(28)23-21(6-3-7-21)14-26-9-4-8-22-26/h4,8-9,11H,3,5-7,10,12-14H2,1-2H3,(H,23,28). The average Bonchev–Trinajstić information content (AvgIpc) is 3.20. The summed E-state index contributed by atoms with van der Waals surface area (Å²) in [5.74, 6) is -0.438. The Morgan fingerprint density at radius 2 is 2.13 bits per heavy atom. The van der Waals surface area contributed by atoms with Crippen LogP contribution in [0.15, 0.2) is 29.5 Å². The van der Waals surface area contributed by atoms with Gasteiger partial charge in [-0.05, 0) is 42.9 Å². The number of nitrogens with one attached hydrogen (secondary N) is 1. The summed E-state index contributed by atoms with van der Waals surface area (Å²) in [7, 11) is 3.12. The smallest absolute Gasteiger partial charge is 0.263 e. The largest absolute Gasteiger partial charge is 0.375 e. The topological polar surface area (TPSA) is 98.5 Å². The summed E-state index contributed by atoms with van der Waals surface area (Å²) >= 11 is 0. The molecule has 9 heteroatoms. The highest BCUT2D eigenvalue weighted by Crippen LogP contribution is 2.34. The van der Waals surface area contributed by atoms with E-state index in [9.17, 15) is 14.4 Å². The fourth-order valence-electron chi connectivity index (χ4n) is 4.38. The third-order valence-corrected chi connectivity index (χ3v) is 6.13. The zero-order chi connectivity index (χ0) is 21.3. The van der Waals surface area contributed by atoms with E-state index in [0.29, 0.717) is 26.1 Å². The van der Waals surface area contributed by atoms with Gasteiger partial charge in [-0.3, -0.25) is 19.1 Å². The molecule has 2 aliphatic rings. The molecule has 0 unspecified atom stereocenters. The summed E-state index contributed by atoms with van der Waals surface area (Å²) in [6.45, 7) is 1.43. The molecule has 1 aliphatic heterocycles. The molecule has 2 aromatic heterocycles. The van der Waals surface area contributed by atoms with Crippen molar-refractivity contribution in [3.8, 4) is 0 Å². The number of pyridine rings is 1. The second-order valence-corrected chi connectivity index (χ2v) is 8.21. The van der Waals surface area contributed by atoms with E-state index < -0.39 is 0 Å². The first-order valence-electron chi connectivity index (χ1n) is 10.2. The van der Waals surface area contributed by atoms with Crippen LogP contribution in [0.3, 0.4) is 0 Å². The van der Waals surface area contributed by atoms with E-state index in [4.69, 9.17) is 4.74 Å². The first-order valence-corrected chi connectivity index (χ1v) is 10.2. The molecule has 2 amide bonds. The number of hydrogen-bond donors (Lipinski definition) is 1. The quantitative estimate of drug-likeness (QED) is 0.742. The molecule has 30 heavy (non-hydrogen) atoms. The number of rotatable bonds is 6. The van der Waals surface area contributed by atoms with Crippen LogP contribution in [0, 0.1) is 0 Å². The number of ether oxygens (including phenoxy) is 1. The zero-order valence-electron chi connectivity index (χ0n) is 17.4. The maximum Gasteiger partial charge on any atom is 0.263 e. The Hall–Kier alpha value is -2.94. The zero-order valence-corrected chi connectivity index (χ0v) is 17.4. The van der Waals surface area contributed by atoms with Gasteiger partial charge in [0.05, 0.1) is 12.1 Å². The Balaban J connectivity index is 1.60. The summed E-state index contributed by atoms with van der Waals surface area (Å²) in [4.78, 5) is 40.1. The van der Waals surface area contributed by atoms with Crippen LogP contribution in [-0.2, 0) is 36.1 Å².